The monoisotopic (exact) mass is 397 g/mol. The van der Waals surface area contributed by atoms with Crippen molar-refractivity contribution >= 4 is 11.7 Å². The van der Waals surface area contributed by atoms with Gasteiger partial charge in [0.05, 0.1) is 18.2 Å². The molecular weight excluding hydrogens is 370 g/mol. The van der Waals surface area contributed by atoms with E-state index in [9.17, 15) is 9.59 Å². The smallest absolute Gasteiger partial charge is 0.258 e. The molecule has 1 amide bonds. The minimum absolute atomic E-state index is 0.0621. The number of hydrogen-bond acceptors (Lipinski definition) is 5. The van der Waals surface area contributed by atoms with Crippen molar-refractivity contribution in [3.8, 4) is 11.5 Å². The van der Waals surface area contributed by atoms with Gasteiger partial charge in [-0.05, 0) is 56.9 Å². The molecule has 1 aromatic carbocycles. The summed E-state index contributed by atoms with van der Waals surface area (Å²) in [6.45, 7) is 1.82. The zero-order chi connectivity index (χ0) is 20.3. The average Bonchev–Trinajstić information content (AvgIpc) is 3.19. The Kier molecular flexibility index (Phi) is 5.60. The third-order valence-corrected chi connectivity index (χ3v) is 5.69. The van der Waals surface area contributed by atoms with Gasteiger partial charge in [-0.15, -0.1) is 0 Å². The van der Waals surface area contributed by atoms with Crippen LogP contribution in [0.2, 0.25) is 0 Å². The van der Waals surface area contributed by atoms with Crippen LogP contribution in [-0.4, -0.2) is 29.9 Å². The van der Waals surface area contributed by atoms with E-state index in [0.29, 0.717) is 29.9 Å². The quantitative estimate of drug-likeness (QED) is 0.795. The summed E-state index contributed by atoms with van der Waals surface area (Å²) in [4.78, 5) is 24.8. The number of furan rings is 1. The molecule has 1 aromatic heterocycles. The molecule has 0 radical (unpaired) electrons. The highest BCUT2D eigenvalue weighted by atomic mass is 16.5. The van der Waals surface area contributed by atoms with E-state index in [2.05, 4.69) is 5.32 Å². The predicted octanol–water partition coefficient (Wildman–Crippen LogP) is 4.07. The van der Waals surface area contributed by atoms with Crippen LogP contribution in [0, 0.1) is 0 Å². The number of fused-ring (bicyclic) bond motifs is 1. The second-order valence-electron chi connectivity index (χ2n) is 8.14. The molecule has 2 aromatic rings. The van der Waals surface area contributed by atoms with Gasteiger partial charge in [0.2, 0.25) is 0 Å². The Morgan fingerprint density at radius 2 is 2.07 bits per heavy atom. The van der Waals surface area contributed by atoms with Crippen molar-refractivity contribution in [2.75, 3.05) is 6.61 Å². The van der Waals surface area contributed by atoms with Crippen LogP contribution in [0.25, 0.3) is 0 Å². The van der Waals surface area contributed by atoms with Crippen molar-refractivity contribution in [1.82, 2.24) is 5.32 Å². The Morgan fingerprint density at radius 1 is 1.24 bits per heavy atom. The van der Waals surface area contributed by atoms with Crippen LogP contribution in [0.5, 0.6) is 11.5 Å². The molecule has 1 spiro atoms. The van der Waals surface area contributed by atoms with Gasteiger partial charge in [0, 0.05) is 18.5 Å². The average molecular weight is 397 g/mol. The largest absolute Gasteiger partial charge is 0.486 e. The first-order valence-electron chi connectivity index (χ1n) is 10.3. The molecule has 1 atom stereocenters. The van der Waals surface area contributed by atoms with Crippen molar-refractivity contribution in [3.63, 3.8) is 0 Å². The Hall–Kier alpha value is -2.76. The maximum absolute atomic E-state index is 12.6. The lowest BCUT2D eigenvalue weighted by Gasteiger charge is -2.40. The first kappa shape index (κ1) is 19.6. The fraction of sp³-hybridized carbons (Fsp3) is 0.478. The van der Waals surface area contributed by atoms with Crippen LogP contribution in [0.4, 0.5) is 0 Å². The van der Waals surface area contributed by atoms with Crippen LogP contribution >= 0.6 is 0 Å². The molecule has 2 aliphatic rings. The molecule has 29 heavy (non-hydrogen) atoms. The molecule has 0 saturated heterocycles. The highest BCUT2D eigenvalue weighted by Gasteiger charge is 2.41. The van der Waals surface area contributed by atoms with Crippen LogP contribution in [-0.2, 0) is 11.2 Å². The van der Waals surface area contributed by atoms with Gasteiger partial charge in [0.1, 0.15) is 22.9 Å². The number of hydrogen-bond donors (Lipinski definition) is 1. The third kappa shape index (κ3) is 4.63. The molecule has 1 aliphatic carbocycles. The normalized spacial score (nSPS) is 18.6. The number of rotatable bonds is 6. The fourth-order valence-electron chi connectivity index (χ4n) is 4.29. The number of carbonyl (C=O) groups excluding carboxylic acids is 2. The van der Waals surface area contributed by atoms with E-state index in [0.717, 1.165) is 31.4 Å². The summed E-state index contributed by atoms with van der Waals surface area (Å²) < 4.78 is 17.2. The Bertz CT molecular complexity index is 867. The zero-order valence-electron chi connectivity index (χ0n) is 16.7. The number of nitrogens with one attached hydrogen (secondary N) is 1. The summed E-state index contributed by atoms with van der Waals surface area (Å²) in [5.74, 6) is 1.85. The van der Waals surface area contributed by atoms with Crippen molar-refractivity contribution in [3.05, 3.63) is 47.9 Å². The first-order chi connectivity index (χ1) is 14.0. The van der Waals surface area contributed by atoms with Crippen molar-refractivity contribution < 1.29 is 23.5 Å². The van der Waals surface area contributed by atoms with Gasteiger partial charge in [0.25, 0.3) is 5.91 Å². The summed E-state index contributed by atoms with van der Waals surface area (Å²) in [5.41, 5.74) is 0.240. The molecule has 0 bridgehead atoms. The Labute approximate surface area is 170 Å². The van der Waals surface area contributed by atoms with E-state index in [1.165, 1.54) is 6.42 Å². The van der Waals surface area contributed by atoms with E-state index in [4.69, 9.17) is 13.9 Å². The van der Waals surface area contributed by atoms with Gasteiger partial charge in [-0.25, -0.2) is 0 Å². The van der Waals surface area contributed by atoms with Crippen LogP contribution in [0.15, 0.2) is 41.0 Å². The zero-order valence-corrected chi connectivity index (χ0v) is 16.7. The number of amides is 1. The maximum atomic E-state index is 12.6. The van der Waals surface area contributed by atoms with Crippen LogP contribution in [0.1, 0.15) is 61.6 Å². The highest BCUT2D eigenvalue weighted by Crippen LogP contribution is 2.42. The van der Waals surface area contributed by atoms with Crippen molar-refractivity contribution in [2.45, 2.75) is 63.5 Å². The van der Waals surface area contributed by atoms with E-state index in [-0.39, 0.29) is 29.9 Å². The molecule has 1 saturated carbocycles. The Balaban J connectivity index is 1.35. The number of ether oxygens (including phenoxy) is 2. The summed E-state index contributed by atoms with van der Waals surface area (Å²) in [7, 11) is 0. The maximum Gasteiger partial charge on any atom is 0.258 e. The van der Waals surface area contributed by atoms with Gasteiger partial charge >= 0.3 is 0 Å². The fourth-order valence-corrected chi connectivity index (χ4v) is 4.29. The van der Waals surface area contributed by atoms with Gasteiger partial charge in [0.15, 0.2) is 12.4 Å². The van der Waals surface area contributed by atoms with Crippen molar-refractivity contribution in [1.29, 1.82) is 0 Å². The summed E-state index contributed by atoms with van der Waals surface area (Å²) in [5, 5.41) is 2.90. The molecule has 1 aliphatic heterocycles. The van der Waals surface area contributed by atoms with E-state index in [1.54, 1.807) is 24.5 Å². The van der Waals surface area contributed by atoms with Crippen molar-refractivity contribution in [2.24, 2.45) is 0 Å². The second-order valence-corrected chi connectivity index (χ2v) is 8.14. The summed E-state index contributed by atoms with van der Waals surface area (Å²) in [6.07, 6.45) is 7.91. The first-order valence-corrected chi connectivity index (χ1v) is 10.3. The van der Waals surface area contributed by atoms with Gasteiger partial charge in [-0.1, -0.05) is 6.42 Å². The highest BCUT2D eigenvalue weighted by molar-refractivity contribution is 6.00. The van der Waals surface area contributed by atoms with Gasteiger partial charge in [-0.2, -0.15) is 0 Å². The van der Waals surface area contributed by atoms with Gasteiger partial charge in [-0.3, -0.25) is 9.59 Å². The van der Waals surface area contributed by atoms with E-state index < -0.39 is 0 Å². The lowest BCUT2D eigenvalue weighted by Crippen LogP contribution is -2.43. The summed E-state index contributed by atoms with van der Waals surface area (Å²) >= 11 is 0. The number of benzene rings is 1. The molecule has 1 unspecified atom stereocenters. The number of ketones is 1. The van der Waals surface area contributed by atoms with Crippen LogP contribution < -0.4 is 14.8 Å². The molecule has 2 heterocycles. The summed E-state index contributed by atoms with van der Waals surface area (Å²) in [6, 6.07) is 8.84. The van der Waals surface area contributed by atoms with Gasteiger partial charge < -0.3 is 19.2 Å². The van der Waals surface area contributed by atoms with Crippen LogP contribution in [0.3, 0.4) is 0 Å². The molecule has 1 fully saturated rings. The third-order valence-electron chi connectivity index (χ3n) is 5.69. The standard InChI is InChI=1S/C23H27NO5/c1-16(12-17-6-5-11-27-17)24-22(26)15-28-18-7-8-19-20(25)14-23(29-21(19)13-18)9-3-2-4-10-23/h5-8,11,13,16H,2-4,9-10,12,14-15H2,1H3,(H,24,26). The number of Topliss-reactive ketones (excluding diaryl/α,β-unsaturated/α-hetero) is 1. The number of carbonyl (C=O) groups is 2. The molecule has 4 rings (SSSR count). The topological polar surface area (TPSA) is 77.8 Å². The molecular formula is C23H27NO5. The minimum Gasteiger partial charge on any atom is -0.486 e. The van der Waals surface area contributed by atoms with E-state index in [1.807, 2.05) is 19.1 Å². The molecule has 6 nitrogen and oxygen atoms in total. The lowest BCUT2D eigenvalue weighted by molar-refractivity contribution is -0.123. The lowest BCUT2D eigenvalue weighted by atomic mass is 9.78. The molecule has 6 heteroatoms. The SMILES string of the molecule is CC(Cc1ccco1)NC(=O)COc1ccc2c(c1)OC1(CCCCC1)CC2=O. The molecule has 154 valence electrons. The Morgan fingerprint density at radius 3 is 2.83 bits per heavy atom. The van der Waals surface area contributed by atoms with E-state index >= 15 is 0 Å². The second kappa shape index (κ2) is 8.31. The predicted molar refractivity (Wildman–Crippen MR) is 107 cm³/mol. The molecule has 1 N–H and O–H groups in total. The minimum atomic E-state index is -0.361.